The molecule has 1 heterocycles. The molecule has 0 saturated carbocycles. The lowest BCUT2D eigenvalue weighted by atomic mass is 10.1. The Morgan fingerprint density at radius 3 is 2.33 bits per heavy atom. The molecule has 0 bridgehead atoms. The predicted octanol–water partition coefficient (Wildman–Crippen LogP) is 4.43. The molecule has 1 amide bonds. The van der Waals surface area contributed by atoms with E-state index in [1.54, 1.807) is 0 Å². The van der Waals surface area contributed by atoms with Gasteiger partial charge in [-0.15, -0.1) is 0 Å². The van der Waals surface area contributed by atoms with Crippen LogP contribution in [0.25, 0.3) is 0 Å². The number of rotatable bonds is 5. The van der Waals surface area contributed by atoms with Crippen molar-refractivity contribution in [3.8, 4) is 0 Å². The quantitative estimate of drug-likeness (QED) is 0.872. The van der Waals surface area contributed by atoms with Gasteiger partial charge in [-0.25, -0.2) is 0 Å². The summed E-state index contributed by atoms with van der Waals surface area (Å²) in [5.41, 5.74) is 3.17. The summed E-state index contributed by atoms with van der Waals surface area (Å²) in [5, 5.41) is 4.25. The molecule has 126 valence electrons. The fraction of sp³-hybridized carbons (Fsp3) is 0.350. The van der Waals surface area contributed by atoms with Gasteiger partial charge in [0.2, 0.25) is 0 Å². The van der Waals surface area contributed by atoms with Crippen LogP contribution in [0.5, 0.6) is 0 Å². The maximum Gasteiger partial charge on any atom is 0.253 e. The molecule has 1 atom stereocenters. The maximum absolute atomic E-state index is 12.3. The van der Waals surface area contributed by atoms with E-state index >= 15 is 0 Å². The van der Waals surface area contributed by atoms with Gasteiger partial charge in [0.15, 0.2) is 0 Å². The van der Waals surface area contributed by atoms with Crippen LogP contribution in [0.1, 0.15) is 47.3 Å². The highest BCUT2D eigenvalue weighted by molar-refractivity contribution is 6.30. The van der Waals surface area contributed by atoms with Gasteiger partial charge in [-0.1, -0.05) is 35.9 Å². The summed E-state index contributed by atoms with van der Waals surface area (Å²) in [6.45, 7) is 4.68. The van der Waals surface area contributed by atoms with E-state index in [0.717, 1.165) is 43.1 Å². The third-order valence-electron chi connectivity index (χ3n) is 4.58. The Bertz CT molecular complexity index is 676. The van der Waals surface area contributed by atoms with E-state index in [1.165, 1.54) is 11.1 Å². The van der Waals surface area contributed by atoms with Crippen LogP contribution >= 0.6 is 11.6 Å². The van der Waals surface area contributed by atoms with E-state index in [9.17, 15) is 4.79 Å². The van der Waals surface area contributed by atoms with Gasteiger partial charge in [-0.2, -0.15) is 0 Å². The highest BCUT2D eigenvalue weighted by Crippen LogP contribution is 2.17. The van der Waals surface area contributed by atoms with E-state index in [-0.39, 0.29) is 11.9 Å². The van der Waals surface area contributed by atoms with Crippen LogP contribution in [0, 0.1) is 0 Å². The van der Waals surface area contributed by atoms with Gasteiger partial charge in [0, 0.05) is 36.3 Å². The van der Waals surface area contributed by atoms with Gasteiger partial charge >= 0.3 is 0 Å². The van der Waals surface area contributed by atoms with Gasteiger partial charge in [0.1, 0.15) is 0 Å². The molecule has 3 nitrogen and oxygen atoms in total. The van der Waals surface area contributed by atoms with Gasteiger partial charge < -0.3 is 10.2 Å². The molecule has 2 aromatic rings. The van der Waals surface area contributed by atoms with Crippen molar-refractivity contribution in [1.82, 2.24) is 10.2 Å². The minimum Gasteiger partial charge on any atom is -0.339 e. The smallest absolute Gasteiger partial charge is 0.253 e. The first-order valence-electron chi connectivity index (χ1n) is 8.50. The minimum absolute atomic E-state index is 0.154. The van der Waals surface area contributed by atoms with E-state index in [4.69, 9.17) is 11.6 Å². The number of amides is 1. The number of carbonyl (C=O) groups excluding carboxylic acids is 1. The Labute approximate surface area is 148 Å². The second-order valence-electron chi connectivity index (χ2n) is 6.35. The number of nitrogens with one attached hydrogen (secondary N) is 1. The first-order valence-corrected chi connectivity index (χ1v) is 8.88. The number of likely N-dealkylation sites (tertiary alicyclic amines) is 1. The molecule has 1 fully saturated rings. The molecule has 0 unspecified atom stereocenters. The van der Waals surface area contributed by atoms with Crippen LogP contribution in [0.4, 0.5) is 0 Å². The lowest BCUT2D eigenvalue weighted by Crippen LogP contribution is -2.27. The molecule has 4 heteroatoms. The molecule has 1 aliphatic rings. The van der Waals surface area contributed by atoms with Crippen molar-refractivity contribution >= 4 is 17.5 Å². The summed E-state index contributed by atoms with van der Waals surface area (Å²) in [6, 6.07) is 16.1. The van der Waals surface area contributed by atoms with Crippen molar-refractivity contribution in [1.29, 1.82) is 0 Å². The zero-order valence-electron chi connectivity index (χ0n) is 14.0. The van der Waals surface area contributed by atoms with Crippen LogP contribution < -0.4 is 5.32 Å². The van der Waals surface area contributed by atoms with E-state index < -0.39 is 0 Å². The topological polar surface area (TPSA) is 32.3 Å². The average Bonchev–Trinajstić information content (AvgIpc) is 3.15. The number of hydrogen-bond donors (Lipinski definition) is 1. The van der Waals surface area contributed by atoms with Crippen molar-refractivity contribution in [3.05, 3.63) is 70.2 Å². The van der Waals surface area contributed by atoms with E-state index in [0.29, 0.717) is 0 Å². The third-order valence-corrected chi connectivity index (χ3v) is 4.83. The van der Waals surface area contributed by atoms with Crippen LogP contribution in [0.3, 0.4) is 0 Å². The fourth-order valence-electron chi connectivity index (χ4n) is 3.01. The molecule has 0 aromatic heterocycles. The summed E-state index contributed by atoms with van der Waals surface area (Å²) >= 11 is 5.93. The van der Waals surface area contributed by atoms with Gasteiger partial charge in [-0.05, 0) is 55.2 Å². The summed E-state index contributed by atoms with van der Waals surface area (Å²) in [6.07, 6.45) is 2.24. The Balaban J connectivity index is 1.56. The lowest BCUT2D eigenvalue weighted by molar-refractivity contribution is 0.0793. The van der Waals surface area contributed by atoms with Crippen molar-refractivity contribution < 1.29 is 4.79 Å². The maximum atomic E-state index is 12.3. The second kappa shape index (κ2) is 7.82. The standard InChI is InChI=1S/C20H23ClN2O/c1-15(17-8-10-19(21)11-9-17)22-14-16-4-6-18(7-5-16)20(24)23-12-2-3-13-23/h4-11,15,22H,2-3,12-14H2,1H3/t15-/m1/s1. The Hall–Kier alpha value is -1.84. The molecule has 1 aliphatic heterocycles. The molecular formula is C20H23ClN2O. The summed E-state index contributed by atoms with van der Waals surface area (Å²) in [7, 11) is 0. The first-order chi connectivity index (χ1) is 11.6. The molecule has 24 heavy (non-hydrogen) atoms. The van der Waals surface area contributed by atoms with Crippen LogP contribution in [-0.4, -0.2) is 23.9 Å². The van der Waals surface area contributed by atoms with E-state index in [2.05, 4.69) is 12.2 Å². The van der Waals surface area contributed by atoms with E-state index in [1.807, 2.05) is 53.4 Å². The fourth-order valence-corrected chi connectivity index (χ4v) is 3.13. The first kappa shape index (κ1) is 17.0. The highest BCUT2D eigenvalue weighted by atomic mass is 35.5. The Morgan fingerprint density at radius 1 is 1.08 bits per heavy atom. The number of hydrogen-bond acceptors (Lipinski definition) is 2. The average molecular weight is 343 g/mol. The molecule has 1 N–H and O–H groups in total. The molecule has 0 radical (unpaired) electrons. The zero-order chi connectivity index (χ0) is 16.9. The molecule has 2 aromatic carbocycles. The SMILES string of the molecule is C[C@@H](NCc1ccc(C(=O)N2CCCC2)cc1)c1ccc(Cl)cc1. The summed E-state index contributed by atoms with van der Waals surface area (Å²) in [4.78, 5) is 14.3. The van der Waals surface area contributed by atoms with Crippen molar-refractivity contribution in [3.63, 3.8) is 0 Å². The highest BCUT2D eigenvalue weighted by Gasteiger charge is 2.19. The molecule has 0 aliphatic carbocycles. The number of halogens is 1. The third kappa shape index (κ3) is 4.16. The Kier molecular flexibility index (Phi) is 5.54. The summed E-state index contributed by atoms with van der Waals surface area (Å²) in [5.74, 6) is 0.154. The molecule has 0 spiro atoms. The Morgan fingerprint density at radius 2 is 1.71 bits per heavy atom. The largest absolute Gasteiger partial charge is 0.339 e. The van der Waals surface area contributed by atoms with Crippen LogP contribution in [0.2, 0.25) is 5.02 Å². The van der Waals surface area contributed by atoms with Gasteiger partial charge in [0.25, 0.3) is 5.91 Å². The van der Waals surface area contributed by atoms with Crippen molar-refractivity contribution in [2.24, 2.45) is 0 Å². The minimum atomic E-state index is 0.154. The van der Waals surface area contributed by atoms with Crippen LogP contribution in [-0.2, 0) is 6.54 Å². The molecule has 1 saturated heterocycles. The van der Waals surface area contributed by atoms with Crippen molar-refractivity contribution in [2.45, 2.75) is 32.4 Å². The summed E-state index contributed by atoms with van der Waals surface area (Å²) < 4.78 is 0. The van der Waals surface area contributed by atoms with Gasteiger partial charge in [0.05, 0.1) is 0 Å². The van der Waals surface area contributed by atoms with Crippen LogP contribution in [0.15, 0.2) is 48.5 Å². The lowest BCUT2D eigenvalue weighted by Gasteiger charge is -2.16. The second-order valence-corrected chi connectivity index (χ2v) is 6.79. The number of benzene rings is 2. The monoisotopic (exact) mass is 342 g/mol. The van der Waals surface area contributed by atoms with Crippen molar-refractivity contribution in [2.75, 3.05) is 13.1 Å². The predicted molar refractivity (Wildman–Crippen MR) is 98.3 cm³/mol. The van der Waals surface area contributed by atoms with Gasteiger partial charge in [-0.3, -0.25) is 4.79 Å². The molecule has 3 rings (SSSR count). The molecular weight excluding hydrogens is 320 g/mol. The number of nitrogens with zero attached hydrogens (tertiary/aromatic N) is 1. The number of carbonyl (C=O) groups is 1. The zero-order valence-corrected chi connectivity index (χ0v) is 14.7. The normalized spacial score (nSPS) is 15.5.